The Hall–Kier alpha value is -3.06. The summed E-state index contributed by atoms with van der Waals surface area (Å²) in [5.74, 6) is -0.0348. The van der Waals surface area contributed by atoms with Crippen molar-refractivity contribution in [3.05, 3.63) is 59.7 Å². The molecule has 0 amide bonds. The number of hydrogen-bond acceptors (Lipinski definition) is 6. The zero-order chi connectivity index (χ0) is 22.7. The number of methoxy groups -OCH3 is 1. The molecule has 0 saturated heterocycles. The Morgan fingerprint density at radius 3 is 2.55 bits per heavy atom. The summed E-state index contributed by atoms with van der Waals surface area (Å²) in [5.41, 5.74) is 1.29. The van der Waals surface area contributed by atoms with Gasteiger partial charge in [0, 0.05) is 6.54 Å². The second-order valence-corrected chi connectivity index (χ2v) is 7.60. The van der Waals surface area contributed by atoms with Crippen LogP contribution in [0.3, 0.4) is 0 Å². The molecule has 31 heavy (non-hydrogen) atoms. The molecule has 0 aliphatic heterocycles. The molecule has 0 radical (unpaired) electrons. The van der Waals surface area contributed by atoms with Crippen LogP contribution in [0.2, 0.25) is 0 Å². The number of ether oxygens (including phenoxy) is 3. The van der Waals surface area contributed by atoms with Gasteiger partial charge < -0.3 is 24.6 Å². The SMILES string of the molecule is CNCC(C)(COc1ccccc1CCc1cccc(OC)c1)OC(=O)CCC(=O)O. The highest BCUT2D eigenvalue weighted by molar-refractivity contribution is 5.76. The molecule has 0 aliphatic rings. The van der Waals surface area contributed by atoms with Gasteiger partial charge in [-0.3, -0.25) is 9.59 Å². The van der Waals surface area contributed by atoms with Crippen molar-refractivity contribution in [2.24, 2.45) is 0 Å². The van der Waals surface area contributed by atoms with Gasteiger partial charge in [0.15, 0.2) is 5.60 Å². The Kier molecular flexibility index (Phi) is 9.34. The van der Waals surface area contributed by atoms with Crippen molar-refractivity contribution in [3.63, 3.8) is 0 Å². The molecule has 1 unspecified atom stereocenters. The summed E-state index contributed by atoms with van der Waals surface area (Å²) >= 11 is 0. The molecule has 0 spiro atoms. The maximum Gasteiger partial charge on any atom is 0.307 e. The smallest absolute Gasteiger partial charge is 0.307 e. The van der Waals surface area contributed by atoms with E-state index in [9.17, 15) is 9.59 Å². The average Bonchev–Trinajstić information content (AvgIpc) is 2.75. The number of hydrogen-bond donors (Lipinski definition) is 2. The van der Waals surface area contributed by atoms with Crippen LogP contribution in [-0.4, -0.2) is 50.0 Å². The first-order valence-corrected chi connectivity index (χ1v) is 10.3. The van der Waals surface area contributed by atoms with Crippen molar-refractivity contribution in [1.29, 1.82) is 0 Å². The van der Waals surface area contributed by atoms with E-state index in [0.29, 0.717) is 6.54 Å². The van der Waals surface area contributed by atoms with Crippen LogP contribution < -0.4 is 14.8 Å². The van der Waals surface area contributed by atoms with Crippen LogP contribution in [0.5, 0.6) is 11.5 Å². The summed E-state index contributed by atoms with van der Waals surface area (Å²) in [5, 5.41) is 11.8. The normalized spacial score (nSPS) is 12.6. The second-order valence-electron chi connectivity index (χ2n) is 7.60. The minimum atomic E-state index is -1.03. The van der Waals surface area contributed by atoms with Crippen LogP contribution in [0, 0.1) is 0 Å². The molecule has 7 nitrogen and oxygen atoms in total. The fraction of sp³-hybridized carbons (Fsp3) is 0.417. The average molecular weight is 430 g/mol. The van der Waals surface area contributed by atoms with Gasteiger partial charge in [-0.05, 0) is 56.1 Å². The summed E-state index contributed by atoms with van der Waals surface area (Å²) < 4.78 is 16.9. The lowest BCUT2D eigenvalue weighted by atomic mass is 10.0. The van der Waals surface area contributed by atoms with Crippen molar-refractivity contribution in [3.8, 4) is 11.5 Å². The third-order valence-corrected chi connectivity index (χ3v) is 4.78. The number of benzene rings is 2. The van der Waals surface area contributed by atoms with Crippen LogP contribution in [0.1, 0.15) is 30.9 Å². The number of carbonyl (C=O) groups is 2. The predicted octanol–water partition coefficient (Wildman–Crippen LogP) is 3.25. The van der Waals surface area contributed by atoms with E-state index in [-0.39, 0.29) is 19.4 Å². The number of carboxylic acid groups (broad SMARTS) is 1. The number of nitrogens with one attached hydrogen (secondary N) is 1. The first-order valence-electron chi connectivity index (χ1n) is 10.3. The Bertz CT molecular complexity index is 869. The van der Waals surface area contributed by atoms with E-state index in [1.165, 1.54) is 5.56 Å². The van der Waals surface area contributed by atoms with Gasteiger partial charge in [0.05, 0.1) is 20.0 Å². The molecule has 0 aromatic heterocycles. The number of carbonyl (C=O) groups excluding carboxylic acids is 1. The number of para-hydroxylation sites is 1. The molecular weight excluding hydrogens is 398 g/mol. The van der Waals surface area contributed by atoms with Crippen molar-refractivity contribution in [2.45, 2.75) is 38.2 Å². The molecule has 2 N–H and O–H groups in total. The molecule has 2 rings (SSSR count). The highest BCUT2D eigenvalue weighted by atomic mass is 16.6. The molecule has 7 heteroatoms. The van der Waals surface area contributed by atoms with Crippen LogP contribution in [0.25, 0.3) is 0 Å². The molecule has 0 fully saturated rings. The number of rotatable bonds is 13. The van der Waals surface area contributed by atoms with Gasteiger partial charge in [0.25, 0.3) is 0 Å². The third-order valence-electron chi connectivity index (χ3n) is 4.78. The first-order chi connectivity index (χ1) is 14.8. The van der Waals surface area contributed by atoms with Crippen LogP contribution in [0.15, 0.2) is 48.5 Å². The van der Waals surface area contributed by atoms with Gasteiger partial charge >= 0.3 is 11.9 Å². The molecule has 0 aliphatic carbocycles. The minimum absolute atomic E-state index is 0.142. The minimum Gasteiger partial charge on any atom is -0.497 e. The van der Waals surface area contributed by atoms with Crippen molar-refractivity contribution in [2.75, 3.05) is 27.3 Å². The number of esters is 1. The molecule has 168 valence electrons. The van der Waals surface area contributed by atoms with E-state index < -0.39 is 17.5 Å². The van der Waals surface area contributed by atoms with Crippen LogP contribution in [0.4, 0.5) is 0 Å². The van der Waals surface area contributed by atoms with Crippen molar-refractivity contribution < 1.29 is 28.9 Å². The molecular formula is C24H31NO6. The fourth-order valence-electron chi connectivity index (χ4n) is 3.21. The Balaban J connectivity index is 2.01. The number of aryl methyl sites for hydroxylation is 2. The van der Waals surface area contributed by atoms with E-state index in [0.717, 1.165) is 29.9 Å². The predicted molar refractivity (Wildman–Crippen MR) is 118 cm³/mol. The Labute approximate surface area is 183 Å². The zero-order valence-corrected chi connectivity index (χ0v) is 18.3. The van der Waals surface area contributed by atoms with Gasteiger partial charge in [-0.15, -0.1) is 0 Å². The van der Waals surface area contributed by atoms with E-state index in [1.54, 1.807) is 21.1 Å². The number of carboxylic acids is 1. The van der Waals surface area contributed by atoms with Crippen LogP contribution in [-0.2, 0) is 27.2 Å². The lowest BCUT2D eigenvalue weighted by Gasteiger charge is -2.29. The third kappa shape index (κ3) is 8.30. The Morgan fingerprint density at radius 2 is 1.84 bits per heavy atom. The fourth-order valence-corrected chi connectivity index (χ4v) is 3.21. The second kappa shape index (κ2) is 12.0. The number of likely N-dealkylation sites (N-methyl/N-ethyl adjacent to an activating group) is 1. The maximum absolute atomic E-state index is 12.0. The Morgan fingerprint density at radius 1 is 1.06 bits per heavy atom. The van der Waals surface area contributed by atoms with Crippen LogP contribution >= 0.6 is 0 Å². The standard InChI is InChI=1S/C24H31NO6/c1-24(16-25-2,31-23(28)14-13-22(26)27)17-30-21-10-5-4-8-19(21)12-11-18-7-6-9-20(15-18)29-3/h4-10,15,25H,11-14,16-17H2,1-3H3,(H,26,27). The van der Waals surface area contributed by atoms with E-state index in [4.69, 9.17) is 19.3 Å². The summed E-state index contributed by atoms with van der Waals surface area (Å²) in [6.45, 7) is 2.28. The van der Waals surface area contributed by atoms with Crippen molar-refractivity contribution in [1.82, 2.24) is 5.32 Å². The summed E-state index contributed by atoms with van der Waals surface area (Å²) in [4.78, 5) is 22.7. The maximum atomic E-state index is 12.0. The molecule has 2 aromatic carbocycles. The monoisotopic (exact) mass is 429 g/mol. The highest BCUT2D eigenvalue weighted by Crippen LogP contribution is 2.23. The van der Waals surface area contributed by atoms with Gasteiger partial charge in [0.2, 0.25) is 0 Å². The first kappa shape index (κ1) is 24.2. The van der Waals surface area contributed by atoms with Crippen molar-refractivity contribution >= 4 is 11.9 Å². The molecule has 0 bridgehead atoms. The molecule has 0 saturated carbocycles. The summed E-state index contributed by atoms with van der Waals surface area (Å²) in [6.07, 6.45) is 1.17. The summed E-state index contributed by atoms with van der Waals surface area (Å²) in [7, 11) is 3.41. The van der Waals surface area contributed by atoms with Gasteiger partial charge in [-0.25, -0.2) is 0 Å². The zero-order valence-electron chi connectivity index (χ0n) is 18.3. The molecule has 0 heterocycles. The van der Waals surface area contributed by atoms with Gasteiger partial charge in [-0.2, -0.15) is 0 Å². The molecule has 2 aromatic rings. The van der Waals surface area contributed by atoms with E-state index in [1.807, 2.05) is 42.5 Å². The van der Waals surface area contributed by atoms with E-state index >= 15 is 0 Å². The largest absolute Gasteiger partial charge is 0.497 e. The summed E-state index contributed by atoms with van der Waals surface area (Å²) in [6, 6.07) is 15.7. The lowest BCUT2D eigenvalue weighted by Crippen LogP contribution is -2.46. The molecule has 1 atom stereocenters. The lowest BCUT2D eigenvalue weighted by molar-refractivity contribution is -0.162. The number of aliphatic carboxylic acids is 1. The van der Waals surface area contributed by atoms with Gasteiger partial charge in [-0.1, -0.05) is 30.3 Å². The van der Waals surface area contributed by atoms with Gasteiger partial charge in [0.1, 0.15) is 18.1 Å². The quantitative estimate of drug-likeness (QED) is 0.472. The van der Waals surface area contributed by atoms with E-state index in [2.05, 4.69) is 11.4 Å². The highest BCUT2D eigenvalue weighted by Gasteiger charge is 2.30. The topological polar surface area (TPSA) is 94.1 Å².